The number of aromatic nitrogens is 2. The molecule has 10 heteroatoms. The first-order valence-corrected chi connectivity index (χ1v) is 9.88. The second-order valence-corrected chi connectivity index (χ2v) is 9.94. The zero-order valence-electron chi connectivity index (χ0n) is 10.2. The quantitative estimate of drug-likeness (QED) is 0.753. The number of aryl methyl sites for hydroxylation is 1. The number of hydrogen-bond donors (Lipinski definition) is 0. The Bertz CT molecular complexity index is 739. The average molecular weight is 347 g/mol. The van der Waals surface area contributed by atoms with Gasteiger partial charge in [0.05, 0.1) is 22.7 Å². The van der Waals surface area contributed by atoms with Crippen molar-refractivity contribution >= 4 is 41.2 Å². The van der Waals surface area contributed by atoms with E-state index >= 15 is 0 Å². The Hall–Kier alpha value is -0.310. The molecule has 1 unspecified atom stereocenters. The van der Waals surface area contributed by atoms with Crippen LogP contribution in [0.2, 0.25) is 5.15 Å². The number of halogens is 2. The monoisotopic (exact) mass is 346 g/mol. The highest BCUT2D eigenvalue weighted by Gasteiger charge is 2.43. The van der Waals surface area contributed by atoms with Gasteiger partial charge < -0.3 is 0 Å². The van der Waals surface area contributed by atoms with Gasteiger partial charge in [-0.3, -0.25) is 0 Å². The number of hydrogen-bond acceptors (Lipinski definition) is 5. The highest BCUT2D eigenvalue weighted by molar-refractivity contribution is 8.13. The van der Waals surface area contributed by atoms with Crippen molar-refractivity contribution in [3.8, 4) is 0 Å². The maximum absolute atomic E-state index is 11.6. The molecule has 0 N–H and O–H groups in total. The lowest BCUT2D eigenvalue weighted by atomic mass is 10.0. The highest BCUT2D eigenvalue weighted by Crippen LogP contribution is 2.37. The van der Waals surface area contributed by atoms with Crippen molar-refractivity contribution in [3.05, 3.63) is 10.8 Å². The molecule has 6 nitrogen and oxygen atoms in total. The third-order valence-corrected chi connectivity index (χ3v) is 6.98. The summed E-state index contributed by atoms with van der Waals surface area (Å²) in [6.45, 7) is 3.14. The van der Waals surface area contributed by atoms with Crippen LogP contribution in [-0.4, -0.2) is 38.1 Å². The molecule has 1 saturated heterocycles. The maximum atomic E-state index is 11.6. The molecule has 2 heterocycles. The lowest BCUT2D eigenvalue weighted by Gasteiger charge is -2.23. The van der Waals surface area contributed by atoms with Crippen molar-refractivity contribution in [1.82, 2.24) is 9.78 Å². The fourth-order valence-corrected chi connectivity index (χ4v) is 6.43. The average Bonchev–Trinajstić information content (AvgIpc) is 2.64. The van der Waals surface area contributed by atoms with Gasteiger partial charge in [-0.1, -0.05) is 11.6 Å². The molecule has 0 saturated carbocycles. The molecule has 1 aliphatic rings. The fraction of sp³-hybridized carbons (Fsp3) is 0.667. The van der Waals surface area contributed by atoms with Crippen LogP contribution >= 0.6 is 22.3 Å². The summed E-state index contributed by atoms with van der Waals surface area (Å²) in [5, 5.41) is 3.91. The Morgan fingerprint density at radius 1 is 1.42 bits per heavy atom. The van der Waals surface area contributed by atoms with Crippen LogP contribution < -0.4 is 0 Å². The number of rotatable bonds is 2. The zero-order chi connectivity index (χ0) is 14.6. The van der Waals surface area contributed by atoms with Gasteiger partial charge >= 0.3 is 0 Å². The lowest BCUT2D eigenvalue weighted by molar-refractivity contribution is 0.327. The SMILES string of the molecule is Cc1nn(C2(C)CCS(=O)(=O)C2)c(Cl)c1S(=O)(=O)Cl. The number of nitrogens with zero attached hydrogens (tertiary/aromatic N) is 2. The van der Waals surface area contributed by atoms with Crippen LogP contribution in [0.5, 0.6) is 0 Å². The molecule has 0 aromatic carbocycles. The second-order valence-electron chi connectivity index (χ2n) is 4.89. The standard InChI is InChI=1S/C9H12Cl2N2O4S2/c1-6-7(19(11,16)17)8(10)13(12-6)9(2)3-4-18(14,15)5-9/h3-5H2,1-2H3. The van der Waals surface area contributed by atoms with E-state index in [1.807, 2.05) is 0 Å². The summed E-state index contributed by atoms with van der Waals surface area (Å²) in [5.41, 5.74) is -0.689. The van der Waals surface area contributed by atoms with Crippen molar-refractivity contribution in [2.45, 2.75) is 30.7 Å². The van der Waals surface area contributed by atoms with Gasteiger partial charge in [-0.05, 0) is 20.3 Å². The smallest absolute Gasteiger partial charge is 0.245 e. The van der Waals surface area contributed by atoms with Crippen LogP contribution in [0.4, 0.5) is 0 Å². The third-order valence-electron chi connectivity index (χ3n) is 3.19. The van der Waals surface area contributed by atoms with E-state index in [9.17, 15) is 16.8 Å². The normalized spacial score (nSPS) is 26.7. The largest absolute Gasteiger partial charge is 0.266 e. The van der Waals surface area contributed by atoms with Gasteiger partial charge in [0.25, 0.3) is 9.05 Å². The predicted octanol–water partition coefficient (Wildman–Crippen LogP) is 1.31. The van der Waals surface area contributed by atoms with E-state index in [-0.39, 0.29) is 27.2 Å². The van der Waals surface area contributed by atoms with E-state index in [0.29, 0.717) is 6.42 Å². The van der Waals surface area contributed by atoms with Crippen LogP contribution in [0.3, 0.4) is 0 Å². The molecule has 1 aromatic heterocycles. The summed E-state index contributed by atoms with van der Waals surface area (Å²) in [7, 11) is -1.87. The molecule has 1 atom stereocenters. The van der Waals surface area contributed by atoms with Crippen LogP contribution in [0.15, 0.2) is 4.90 Å². The molecule has 0 spiro atoms. The molecule has 19 heavy (non-hydrogen) atoms. The molecule has 108 valence electrons. The van der Waals surface area contributed by atoms with Crippen LogP contribution in [0, 0.1) is 6.92 Å². The van der Waals surface area contributed by atoms with E-state index in [0.717, 1.165) is 0 Å². The van der Waals surface area contributed by atoms with Crippen molar-refractivity contribution in [3.63, 3.8) is 0 Å². The number of sulfone groups is 1. The Morgan fingerprint density at radius 2 is 2.00 bits per heavy atom. The van der Waals surface area contributed by atoms with Gasteiger partial charge in [-0.2, -0.15) is 5.10 Å². The van der Waals surface area contributed by atoms with E-state index in [2.05, 4.69) is 5.10 Å². The predicted molar refractivity (Wildman–Crippen MR) is 71.9 cm³/mol. The Morgan fingerprint density at radius 3 is 2.37 bits per heavy atom. The molecule has 2 rings (SSSR count). The van der Waals surface area contributed by atoms with Gasteiger partial charge in [0.2, 0.25) is 0 Å². The van der Waals surface area contributed by atoms with Crippen LogP contribution in [0.25, 0.3) is 0 Å². The van der Waals surface area contributed by atoms with Gasteiger partial charge in [0.15, 0.2) is 9.84 Å². The molecule has 0 radical (unpaired) electrons. The lowest BCUT2D eigenvalue weighted by Crippen LogP contribution is -2.32. The maximum Gasteiger partial charge on any atom is 0.266 e. The second kappa shape index (κ2) is 4.34. The van der Waals surface area contributed by atoms with Crippen LogP contribution in [-0.2, 0) is 24.4 Å². The summed E-state index contributed by atoms with van der Waals surface area (Å²) in [6, 6.07) is 0. The van der Waals surface area contributed by atoms with E-state index in [4.69, 9.17) is 22.3 Å². The van der Waals surface area contributed by atoms with E-state index in [1.165, 1.54) is 11.6 Å². The Labute approximate surface area is 121 Å². The highest BCUT2D eigenvalue weighted by atomic mass is 35.7. The minimum atomic E-state index is -4.02. The Kier molecular flexibility index (Phi) is 3.45. The zero-order valence-corrected chi connectivity index (χ0v) is 13.4. The van der Waals surface area contributed by atoms with Crippen molar-refractivity contribution in [2.75, 3.05) is 11.5 Å². The van der Waals surface area contributed by atoms with Crippen molar-refractivity contribution in [1.29, 1.82) is 0 Å². The molecule has 1 aromatic rings. The molecule has 0 aliphatic carbocycles. The summed E-state index contributed by atoms with van der Waals surface area (Å²) >= 11 is 6.02. The minimum absolute atomic E-state index is 0.0295. The molecule has 1 aliphatic heterocycles. The molecule has 0 amide bonds. The van der Waals surface area contributed by atoms with E-state index < -0.39 is 24.4 Å². The first-order chi connectivity index (χ1) is 8.46. The van der Waals surface area contributed by atoms with Crippen molar-refractivity contribution in [2.24, 2.45) is 0 Å². The first kappa shape index (κ1) is 15.1. The van der Waals surface area contributed by atoms with Gasteiger partial charge in [-0.25, -0.2) is 21.5 Å². The van der Waals surface area contributed by atoms with Crippen LogP contribution in [0.1, 0.15) is 19.0 Å². The first-order valence-electron chi connectivity index (χ1n) is 5.37. The van der Waals surface area contributed by atoms with E-state index in [1.54, 1.807) is 6.92 Å². The third kappa shape index (κ3) is 2.63. The molecule has 0 bridgehead atoms. The Balaban J connectivity index is 2.61. The molecule has 1 fully saturated rings. The van der Waals surface area contributed by atoms with Gasteiger partial charge in [0, 0.05) is 10.7 Å². The minimum Gasteiger partial charge on any atom is -0.245 e. The van der Waals surface area contributed by atoms with Gasteiger partial charge in [0.1, 0.15) is 10.0 Å². The summed E-state index contributed by atoms with van der Waals surface area (Å²) in [4.78, 5) is -0.263. The summed E-state index contributed by atoms with van der Waals surface area (Å²) in [5.74, 6) is -0.0929. The van der Waals surface area contributed by atoms with Gasteiger partial charge in [-0.15, -0.1) is 0 Å². The van der Waals surface area contributed by atoms with Crippen molar-refractivity contribution < 1.29 is 16.8 Å². The summed E-state index contributed by atoms with van der Waals surface area (Å²) in [6.07, 6.45) is 0.331. The molecular formula is C9H12Cl2N2O4S2. The summed E-state index contributed by atoms with van der Waals surface area (Å²) < 4.78 is 47.3. The fourth-order valence-electron chi connectivity index (χ4n) is 2.28. The molecular weight excluding hydrogens is 335 g/mol. The topological polar surface area (TPSA) is 86.1 Å².